The number of ether oxygens (including phenoxy) is 2. The van der Waals surface area contributed by atoms with Gasteiger partial charge in [0.15, 0.2) is 11.5 Å². The lowest BCUT2D eigenvalue weighted by atomic mass is 9.98. The summed E-state index contributed by atoms with van der Waals surface area (Å²) in [6, 6.07) is 5.51. The monoisotopic (exact) mass is 382 g/mol. The number of hydrogen-bond acceptors (Lipinski definition) is 5. The second kappa shape index (κ2) is 8.26. The number of carbonyl (C=O) groups is 1. The number of sulfonamides is 1. The maximum atomic E-state index is 12.2. The number of benzene rings is 1. The van der Waals surface area contributed by atoms with Crippen LogP contribution < -0.4 is 14.8 Å². The minimum absolute atomic E-state index is 0.0371. The largest absolute Gasteiger partial charge is 0.454 e. The van der Waals surface area contributed by atoms with Crippen molar-refractivity contribution < 1.29 is 22.7 Å². The van der Waals surface area contributed by atoms with Crippen molar-refractivity contribution in [1.29, 1.82) is 0 Å². The normalized spacial score (nSPS) is 18.0. The van der Waals surface area contributed by atoms with Gasteiger partial charge < -0.3 is 14.8 Å². The van der Waals surface area contributed by atoms with Gasteiger partial charge >= 0.3 is 0 Å². The lowest BCUT2D eigenvalue weighted by Gasteiger charge is -2.31. The third-order valence-electron chi connectivity index (χ3n) is 4.82. The van der Waals surface area contributed by atoms with Crippen molar-refractivity contribution in [1.82, 2.24) is 9.62 Å². The highest BCUT2D eigenvalue weighted by molar-refractivity contribution is 7.89. The molecule has 1 fully saturated rings. The molecule has 0 saturated carbocycles. The summed E-state index contributed by atoms with van der Waals surface area (Å²) < 4.78 is 36.3. The van der Waals surface area contributed by atoms with Gasteiger partial charge in [-0.25, -0.2) is 12.7 Å². The van der Waals surface area contributed by atoms with E-state index in [2.05, 4.69) is 5.32 Å². The molecular weight excluding hydrogens is 356 g/mol. The van der Waals surface area contributed by atoms with Crippen LogP contribution in [0.4, 0.5) is 0 Å². The van der Waals surface area contributed by atoms with Crippen LogP contribution in [0.15, 0.2) is 18.2 Å². The van der Waals surface area contributed by atoms with Gasteiger partial charge in [0.25, 0.3) is 0 Å². The van der Waals surface area contributed by atoms with Gasteiger partial charge in [0, 0.05) is 19.6 Å². The molecule has 1 N–H and O–H groups in total. The molecule has 7 nitrogen and oxygen atoms in total. The molecule has 2 heterocycles. The summed E-state index contributed by atoms with van der Waals surface area (Å²) in [5.74, 6) is 1.88. The van der Waals surface area contributed by atoms with E-state index in [9.17, 15) is 13.2 Å². The second-order valence-corrected chi connectivity index (χ2v) is 8.92. The minimum atomic E-state index is -3.11. The Morgan fingerprint density at radius 2 is 1.96 bits per heavy atom. The third kappa shape index (κ3) is 4.67. The molecule has 1 saturated heterocycles. The smallest absolute Gasteiger partial charge is 0.231 e. The number of piperidine rings is 1. The molecule has 1 aromatic rings. The number of nitrogens with zero attached hydrogens (tertiary/aromatic N) is 1. The second-order valence-electron chi connectivity index (χ2n) is 6.83. The summed E-state index contributed by atoms with van der Waals surface area (Å²) in [5.41, 5.74) is 0.882. The summed E-state index contributed by atoms with van der Waals surface area (Å²) in [6.07, 6.45) is 2.50. The highest BCUT2D eigenvalue weighted by Gasteiger charge is 2.27. The van der Waals surface area contributed by atoms with Gasteiger partial charge in [-0.15, -0.1) is 0 Å². The van der Waals surface area contributed by atoms with Gasteiger partial charge in [-0.05, 0) is 42.9 Å². The number of carbonyl (C=O) groups excluding carboxylic acids is 1. The van der Waals surface area contributed by atoms with E-state index in [-0.39, 0.29) is 18.5 Å². The van der Waals surface area contributed by atoms with Crippen LogP contribution in [0.1, 0.15) is 31.7 Å². The van der Waals surface area contributed by atoms with E-state index in [1.807, 2.05) is 25.1 Å². The molecule has 8 heteroatoms. The van der Waals surface area contributed by atoms with Gasteiger partial charge in [-0.2, -0.15) is 0 Å². The van der Waals surface area contributed by atoms with Gasteiger partial charge in [0.1, 0.15) is 0 Å². The first-order valence-electron chi connectivity index (χ1n) is 9.11. The van der Waals surface area contributed by atoms with Crippen LogP contribution in [0.2, 0.25) is 0 Å². The molecule has 0 atom stereocenters. The molecule has 1 aromatic carbocycles. The minimum Gasteiger partial charge on any atom is -0.454 e. The lowest BCUT2D eigenvalue weighted by Crippen LogP contribution is -2.42. The summed E-state index contributed by atoms with van der Waals surface area (Å²) in [5, 5.41) is 2.97. The molecule has 0 bridgehead atoms. The highest BCUT2D eigenvalue weighted by Crippen LogP contribution is 2.32. The van der Waals surface area contributed by atoms with Crippen LogP contribution >= 0.6 is 0 Å². The quantitative estimate of drug-likeness (QED) is 0.773. The van der Waals surface area contributed by atoms with E-state index >= 15 is 0 Å². The molecule has 2 aliphatic heterocycles. The lowest BCUT2D eigenvalue weighted by molar-refractivity contribution is -0.120. The predicted octanol–water partition coefficient (Wildman–Crippen LogP) is 1.53. The SMILES string of the molecule is CCCS(=O)(=O)N1CCC(CNC(=O)Cc2ccc3c(c2)OCO3)CC1. The van der Waals surface area contributed by atoms with Crippen molar-refractivity contribution in [2.45, 2.75) is 32.6 Å². The van der Waals surface area contributed by atoms with Crippen molar-refractivity contribution in [3.05, 3.63) is 23.8 Å². The zero-order valence-corrected chi connectivity index (χ0v) is 15.9. The van der Waals surface area contributed by atoms with Crippen LogP contribution in [0, 0.1) is 5.92 Å². The summed E-state index contributed by atoms with van der Waals surface area (Å²) in [4.78, 5) is 12.2. The standard InChI is InChI=1S/C18H26N2O5S/c1-2-9-26(22,23)20-7-5-14(6-8-20)12-19-18(21)11-15-3-4-16-17(10-15)25-13-24-16/h3-4,10,14H,2,5-9,11-13H2,1H3,(H,19,21). The Bertz CT molecular complexity index is 742. The Kier molecular flexibility index (Phi) is 6.03. The molecule has 0 radical (unpaired) electrons. The van der Waals surface area contributed by atoms with Gasteiger partial charge in [0.05, 0.1) is 12.2 Å². The average Bonchev–Trinajstić information content (AvgIpc) is 3.08. The van der Waals surface area contributed by atoms with E-state index in [0.29, 0.717) is 49.9 Å². The first kappa shape index (κ1) is 19.0. The Morgan fingerprint density at radius 1 is 1.23 bits per heavy atom. The molecule has 0 unspecified atom stereocenters. The van der Waals surface area contributed by atoms with Crippen LogP contribution in [0.5, 0.6) is 11.5 Å². The Morgan fingerprint density at radius 3 is 2.69 bits per heavy atom. The summed E-state index contributed by atoms with van der Waals surface area (Å²) in [7, 11) is -3.11. The van der Waals surface area contributed by atoms with Crippen LogP contribution in [-0.4, -0.2) is 50.8 Å². The predicted molar refractivity (Wildman–Crippen MR) is 97.7 cm³/mol. The number of rotatable bonds is 7. The molecule has 144 valence electrons. The van der Waals surface area contributed by atoms with E-state index < -0.39 is 10.0 Å². The topological polar surface area (TPSA) is 84.9 Å². The maximum absolute atomic E-state index is 12.2. The first-order valence-corrected chi connectivity index (χ1v) is 10.7. The molecule has 3 rings (SSSR count). The van der Waals surface area contributed by atoms with E-state index in [1.54, 1.807) is 4.31 Å². The van der Waals surface area contributed by atoms with Crippen molar-refractivity contribution >= 4 is 15.9 Å². The molecule has 0 aromatic heterocycles. The van der Waals surface area contributed by atoms with Gasteiger partial charge in [-0.3, -0.25) is 4.79 Å². The number of hydrogen-bond donors (Lipinski definition) is 1. The Balaban J connectivity index is 1.42. The van der Waals surface area contributed by atoms with Gasteiger partial charge in [-0.1, -0.05) is 13.0 Å². The number of nitrogens with one attached hydrogen (secondary N) is 1. The van der Waals surface area contributed by atoms with Gasteiger partial charge in [0.2, 0.25) is 22.7 Å². The number of fused-ring (bicyclic) bond motifs is 1. The molecular formula is C18H26N2O5S. The fourth-order valence-electron chi connectivity index (χ4n) is 3.34. The third-order valence-corrected chi connectivity index (χ3v) is 6.89. The van der Waals surface area contributed by atoms with Crippen molar-refractivity contribution in [3.8, 4) is 11.5 Å². The zero-order valence-electron chi connectivity index (χ0n) is 15.1. The van der Waals surface area contributed by atoms with Crippen LogP contribution in [0.25, 0.3) is 0 Å². The summed E-state index contributed by atoms with van der Waals surface area (Å²) in [6.45, 7) is 3.78. The van der Waals surface area contributed by atoms with Crippen LogP contribution in [0.3, 0.4) is 0 Å². The molecule has 1 amide bonds. The Labute approximate surface area is 154 Å². The van der Waals surface area contributed by atoms with Crippen molar-refractivity contribution in [2.24, 2.45) is 5.92 Å². The number of amides is 1. The van der Waals surface area contributed by atoms with Crippen molar-refractivity contribution in [2.75, 3.05) is 32.2 Å². The molecule has 0 spiro atoms. The van der Waals surface area contributed by atoms with E-state index in [1.165, 1.54) is 0 Å². The average molecular weight is 382 g/mol. The highest BCUT2D eigenvalue weighted by atomic mass is 32.2. The van der Waals surface area contributed by atoms with Crippen molar-refractivity contribution in [3.63, 3.8) is 0 Å². The molecule has 26 heavy (non-hydrogen) atoms. The fourth-order valence-corrected chi connectivity index (χ4v) is 4.88. The Hall–Kier alpha value is -1.80. The van der Waals surface area contributed by atoms with E-state index in [4.69, 9.17) is 9.47 Å². The van der Waals surface area contributed by atoms with E-state index in [0.717, 1.165) is 18.4 Å². The molecule has 2 aliphatic rings. The maximum Gasteiger partial charge on any atom is 0.231 e. The zero-order chi connectivity index (χ0) is 18.6. The molecule has 0 aliphatic carbocycles. The fraction of sp³-hybridized carbons (Fsp3) is 0.611. The first-order chi connectivity index (χ1) is 12.5. The summed E-state index contributed by atoms with van der Waals surface area (Å²) >= 11 is 0. The van der Waals surface area contributed by atoms with Crippen LogP contribution in [-0.2, 0) is 21.2 Å².